The number of hydrogen-bond donors (Lipinski definition) is 0. The first-order valence-electron chi connectivity index (χ1n) is 7.46. The van der Waals surface area contributed by atoms with E-state index >= 15 is 0 Å². The summed E-state index contributed by atoms with van der Waals surface area (Å²) in [6.07, 6.45) is 1.25. The van der Waals surface area contributed by atoms with E-state index in [2.05, 4.69) is 22.9 Å². The van der Waals surface area contributed by atoms with Crippen LogP contribution in [0.3, 0.4) is 0 Å². The summed E-state index contributed by atoms with van der Waals surface area (Å²) < 4.78 is 25.9. The van der Waals surface area contributed by atoms with Crippen molar-refractivity contribution in [3.63, 3.8) is 0 Å². The maximum atomic E-state index is 9.22. The van der Waals surface area contributed by atoms with Gasteiger partial charge in [-0.3, -0.25) is 0 Å². The fourth-order valence-corrected chi connectivity index (χ4v) is 0. The van der Waals surface area contributed by atoms with Gasteiger partial charge in [-0.05, 0) is 0 Å². The van der Waals surface area contributed by atoms with E-state index in [0.717, 1.165) is 14.2 Å². The molecule has 23 heavy (non-hydrogen) atoms. The van der Waals surface area contributed by atoms with Gasteiger partial charge >= 0.3 is 0 Å². The molecule has 0 aliphatic heterocycles. The molecule has 0 spiro atoms. The Kier molecular flexibility index (Phi) is 261. The predicted molar refractivity (Wildman–Crippen MR) is 93.4 cm³/mol. The Balaban J connectivity index is -0.0000000147. The molecule has 0 radical (unpaired) electrons. The van der Waals surface area contributed by atoms with Crippen molar-refractivity contribution < 1.29 is 70.1 Å². The van der Waals surface area contributed by atoms with Crippen molar-refractivity contribution in [3.05, 3.63) is 0 Å². The quantitative estimate of drug-likeness (QED) is 0.395. The second-order valence-corrected chi connectivity index (χ2v) is 3.43. The molecule has 0 aliphatic rings. The van der Waals surface area contributed by atoms with Crippen LogP contribution in [-0.2, 0) is 60.3 Å². The third kappa shape index (κ3) is 345. The minimum absolute atomic E-state index is 0. The van der Waals surface area contributed by atoms with Crippen molar-refractivity contribution >= 4 is 16.5 Å². The third-order valence-electron chi connectivity index (χ3n) is 0.333. The van der Waals surface area contributed by atoms with Crippen molar-refractivity contribution in [2.45, 2.75) is 75.7 Å². The zero-order valence-corrected chi connectivity index (χ0v) is 24.8. The average Bonchev–Trinajstić information content (AvgIpc) is 2.56. The van der Waals surface area contributed by atoms with Gasteiger partial charge in [-0.15, -0.1) is 0 Å². The summed E-state index contributed by atoms with van der Waals surface area (Å²) in [6, 6.07) is 0. The van der Waals surface area contributed by atoms with Crippen LogP contribution in [0.2, 0.25) is 0 Å². The molecule has 0 bridgehead atoms. The molecule has 6 nitrogen and oxygen atoms in total. The van der Waals surface area contributed by atoms with E-state index in [0.29, 0.717) is 0 Å². The molecule has 0 saturated heterocycles. The summed E-state index contributed by atoms with van der Waals surface area (Å²) in [5.41, 5.74) is 0. The van der Waals surface area contributed by atoms with E-state index in [1.807, 2.05) is 55.4 Å². The molecule has 0 heterocycles. The first-order chi connectivity index (χ1) is 9.95. The SMILES string of the molecule is CC.CC.CC.CC.CCC.CO[PH](=O)[O-].CO[PH](=O)[O-].[W].[W]. The van der Waals surface area contributed by atoms with Gasteiger partial charge in [-0.2, -0.15) is 0 Å². The van der Waals surface area contributed by atoms with Gasteiger partial charge in [0.1, 0.15) is 16.5 Å². The van der Waals surface area contributed by atoms with Crippen molar-refractivity contribution in [3.8, 4) is 0 Å². The second-order valence-electron chi connectivity index (χ2n) is 1.62. The van der Waals surface area contributed by atoms with Crippen LogP contribution < -0.4 is 9.79 Å². The zero-order chi connectivity index (χ0) is 19.3. The Labute approximate surface area is 176 Å². The van der Waals surface area contributed by atoms with Crippen LogP contribution in [0.4, 0.5) is 0 Å². The fourth-order valence-electron chi connectivity index (χ4n) is 0. The van der Waals surface area contributed by atoms with Crippen molar-refractivity contribution in [2.24, 2.45) is 0 Å². The molecule has 0 saturated carbocycles. The van der Waals surface area contributed by atoms with E-state index in [4.69, 9.17) is 0 Å². The molecular weight excluding hydrogens is 682 g/mol. The molecule has 152 valence electrons. The molecular formula is C13H40O6P2W2-2. The van der Waals surface area contributed by atoms with Gasteiger partial charge < -0.3 is 28.0 Å². The largest absolute Gasteiger partial charge is 0.781 e. The van der Waals surface area contributed by atoms with E-state index in [9.17, 15) is 18.9 Å². The molecule has 0 amide bonds. The van der Waals surface area contributed by atoms with Crippen LogP contribution in [-0.4, -0.2) is 14.2 Å². The molecule has 0 aromatic heterocycles. The minimum atomic E-state index is -2.87. The summed E-state index contributed by atoms with van der Waals surface area (Å²) in [7, 11) is -3.51. The standard InChI is InChI=1S/C3H8.4C2H6.2CH5O3P.2W/c1-3-2;4*1-2;2*1-4-5(2)3;;/h3H2,1-2H3;4*1-2H3;2*5H,1H3,(H,2,3);;/p-2. The maximum absolute atomic E-state index is 9.22. The predicted octanol–water partition coefficient (Wildman–Crippen LogP) is 4.28. The van der Waals surface area contributed by atoms with Crippen LogP contribution in [0.25, 0.3) is 0 Å². The molecule has 2 unspecified atom stereocenters. The molecule has 0 aromatic rings. The summed E-state index contributed by atoms with van der Waals surface area (Å²) >= 11 is 0. The minimum Gasteiger partial charge on any atom is -0.781 e. The van der Waals surface area contributed by atoms with Crippen LogP contribution in [0, 0.1) is 0 Å². The van der Waals surface area contributed by atoms with E-state index in [1.165, 1.54) is 6.42 Å². The molecule has 10 heteroatoms. The van der Waals surface area contributed by atoms with E-state index in [1.54, 1.807) is 0 Å². The van der Waals surface area contributed by atoms with Crippen molar-refractivity contribution in [2.75, 3.05) is 14.2 Å². The number of rotatable bonds is 2. The molecule has 2 atom stereocenters. The summed E-state index contributed by atoms with van der Waals surface area (Å²) in [4.78, 5) is 18.4. The van der Waals surface area contributed by atoms with Crippen LogP contribution in [0.1, 0.15) is 75.7 Å². The first-order valence-corrected chi connectivity index (χ1v) is 9.90. The molecule has 0 fully saturated rings. The Bertz CT molecular complexity index is 132. The molecule has 0 aliphatic carbocycles. The third-order valence-corrected chi connectivity index (χ3v) is 1.00. The Morgan fingerprint density at radius 1 is 0.652 bits per heavy atom. The molecule has 0 aromatic carbocycles. The topological polar surface area (TPSA) is 98.7 Å². The Morgan fingerprint density at radius 2 is 0.696 bits per heavy atom. The summed E-state index contributed by atoms with van der Waals surface area (Å²) in [6.45, 7) is 20.2. The van der Waals surface area contributed by atoms with Crippen LogP contribution in [0.5, 0.6) is 0 Å². The fraction of sp³-hybridized carbons (Fsp3) is 1.00. The molecule has 0 rings (SSSR count). The molecule has 0 N–H and O–H groups in total. The van der Waals surface area contributed by atoms with Crippen LogP contribution >= 0.6 is 16.5 Å². The van der Waals surface area contributed by atoms with Gasteiger partial charge in [0.15, 0.2) is 0 Å². The Hall–Kier alpha value is 1.68. The first kappa shape index (κ1) is 56.3. The normalized spacial score (nSPS) is 8.26. The van der Waals surface area contributed by atoms with Gasteiger partial charge in [-0.25, -0.2) is 0 Å². The van der Waals surface area contributed by atoms with Gasteiger partial charge in [0.2, 0.25) is 0 Å². The van der Waals surface area contributed by atoms with Gasteiger partial charge in [-0.1, -0.05) is 75.7 Å². The number of hydrogen-bond acceptors (Lipinski definition) is 6. The maximum Gasteiger partial charge on any atom is 0.121 e. The van der Waals surface area contributed by atoms with Crippen molar-refractivity contribution in [1.29, 1.82) is 0 Å². The van der Waals surface area contributed by atoms with Crippen LogP contribution in [0.15, 0.2) is 0 Å². The zero-order valence-electron chi connectivity index (χ0n) is 17.0. The van der Waals surface area contributed by atoms with Crippen molar-refractivity contribution in [1.82, 2.24) is 0 Å². The average molecular weight is 722 g/mol. The van der Waals surface area contributed by atoms with Gasteiger partial charge in [0.25, 0.3) is 0 Å². The Morgan fingerprint density at radius 3 is 0.696 bits per heavy atom. The smallest absolute Gasteiger partial charge is 0.121 e. The van der Waals surface area contributed by atoms with E-state index < -0.39 is 16.5 Å². The van der Waals surface area contributed by atoms with Gasteiger partial charge in [0, 0.05) is 56.4 Å². The monoisotopic (exact) mass is 722 g/mol. The second kappa shape index (κ2) is 107. The summed E-state index contributed by atoms with van der Waals surface area (Å²) in [5, 5.41) is 0. The van der Waals surface area contributed by atoms with Gasteiger partial charge in [0.05, 0.1) is 0 Å². The summed E-state index contributed by atoms with van der Waals surface area (Å²) in [5.74, 6) is 0. The van der Waals surface area contributed by atoms with E-state index in [-0.39, 0.29) is 42.1 Å².